The Balaban J connectivity index is 2.14. The van der Waals surface area contributed by atoms with E-state index in [2.05, 4.69) is 10.4 Å². The molecule has 0 aliphatic carbocycles. The van der Waals surface area contributed by atoms with Gasteiger partial charge in [-0.3, -0.25) is 9.48 Å². The largest absolute Gasteiger partial charge is 0.490 e. The number of carbonyl (C=O) groups is 1. The molecule has 26 heavy (non-hydrogen) atoms. The molecule has 0 unspecified atom stereocenters. The van der Waals surface area contributed by atoms with Crippen molar-refractivity contribution in [1.29, 1.82) is 0 Å². The van der Waals surface area contributed by atoms with Crippen LogP contribution in [0.1, 0.15) is 38.8 Å². The molecule has 0 saturated carbocycles. The zero-order chi connectivity index (χ0) is 19.3. The van der Waals surface area contributed by atoms with Crippen LogP contribution >= 0.6 is 11.6 Å². The minimum atomic E-state index is -0.688. The molecule has 0 saturated heterocycles. The minimum Gasteiger partial charge on any atom is -0.490 e. The van der Waals surface area contributed by atoms with Gasteiger partial charge in [-0.15, -0.1) is 0 Å². The van der Waals surface area contributed by atoms with Crippen LogP contribution in [-0.4, -0.2) is 28.9 Å². The van der Waals surface area contributed by atoms with Gasteiger partial charge in [0.25, 0.3) is 0 Å². The zero-order valence-electron chi connectivity index (χ0n) is 15.9. The van der Waals surface area contributed by atoms with Gasteiger partial charge in [0.2, 0.25) is 5.91 Å². The highest BCUT2D eigenvalue weighted by molar-refractivity contribution is 6.32. The van der Waals surface area contributed by atoms with Gasteiger partial charge in [-0.05, 0) is 45.4 Å². The Morgan fingerprint density at radius 2 is 1.96 bits per heavy atom. The normalized spacial score (nSPS) is 11.3. The minimum absolute atomic E-state index is 0.0894. The Kier molecular flexibility index (Phi) is 6.53. The molecule has 0 spiro atoms. The number of hydrogen-bond acceptors (Lipinski definition) is 4. The second-order valence-corrected chi connectivity index (χ2v) is 6.89. The molecule has 1 amide bonds. The lowest BCUT2D eigenvalue weighted by atomic mass is 9.86. The van der Waals surface area contributed by atoms with E-state index in [1.807, 2.05) is 47.0 Å². The van der Waals surface area contributed by atoms with Crippen molar-refractivity contribution in [2.24, 2.45) is 7.05 Å². The standard InChI is InChI=1S/C19H26ClN3O3/c1-6-25-16-9-13(8-15(20)17(16)26-7-2)10-21-18(24)19(3,4)14-11-22-23(5)12-14/h8-9,11-12H,6-7,10H2,1-5H3,(H,21,24). The van der Waals surface area contributed by atoms with Crippen LogP contribution in [0.2, 0.25) is 5.02 Å². The molecule has 0 aliphatic heterocycles. The number of amides is 1. The molecule has 1 aromatic heterocycles. The lowest BCUT2D eigenvalue weighted by Gasteiger charge is -2.22. The molecular formula is C19H26ClN3O3. The molecule has 6 nitrogen and oxygen atoms in total. The first-order valence-corrected chi connectivity index (χ1v) is 9.02. The highest BCUT2D eigenvalue weighted by atomic mass is 35.5. The predicted octanol–water partition coefficient (Wildman–Crippen LogP) is 3.46. The van der Waals surface area contributed by atoms with E-state index in [1.54, 1.807) is 16.9 Å². The van der Waals surface area contributed by atoms with Crippen molar-refractivity contribution in [2.75, 3.05) is 13.2 Å². The third kappa shape index (κ3) is 4.49. The quantitative estimate of drug-likeness (QED) is 0.762. The molecule has 2 rings (SSSR count). The summed E-state index contributed by atoms with van der Waals surface area (Å²) in [5.41, 5.74) is 1.01. The Morgan fingerprint density at radius 1 is 1.27 bits per heavy atom. The third-order valence-corrected chi connectivity index (χ3v) is 4.39. The van der Waals surface area contributed by atoms with Crippen LogP contribution in [0.5, 0.6) is 11.5 Å². The number of rotatable bonds is 8. The molecule has 142 valence electrons. The van der Waals surface area contributed by atoms with E-state index in [0.717, 1.165) is 11.1 Å². The molecule has 0 radical (unpaired) electrons. The van der Waals surface area contributed by atoms with Crippen LogP contribution in [0.4, 0.5) is 0 Å². The zero-order valence-corrected chi connectivity index (χ0v) is 16.7. The van der Waals surface area contributed by atoms with E-state index >= 15 is 0 Å². The smallest absolute Gasteiger partial charge is 0.230 e. The summed E-state index contributed by atoms with van der Waals surface area (Å²) in [6.45, 7) is 8.87. The summed E-state index contributed by atoms with van der Waals surface area (Å²) in [5.74, 6) is 1.02. The van der Waals surface area contributed by atoms with Crippen LogP contribution in [0, 0.1) is 0 Å². The van der Waals surface area contributed by atoms with Crippen molar-refractivity contribution >= 4 is 17.5 Å². The first-order chi connectivity index (χ1) is 12.3. The third-order valence-electron chi connectivity index (χ3n) is 4.11. The second kappa shape index (κ2) is 8.45. The van der Waals surface area contributed by atoms with Gasteiger partial charge in [-0.25, -0.2) is 0 Å². The second-order valence-electron chi connectivity index (χ2n) is 6.48. The number of aryl methyl sites for hydroxylation is 1. The van der Waals surface area contributed by atoms with Gasteiger partial charge in [0.15, 0.2) is 11.5 Å². The van der Waals surface area contributed by atoms with Gasteiger partial charge in [0.1, 0.15) is 0 Å². The number of nitrogens with zero attached hydrogens (tertiary/aromatic N) is 2. The summed E-state index contributed by atoms with van der Waals surface area (Å²) in [4.78, 5) is 12.7. The van der Waals surface area contributed by atoms with E-state index in [9.17, 15) is 4.79 Å². The summed E-state index contributed by atoms with van der Waals surface area (Å²) in [7, 11) is 1.83. The number of aromatic nitrogens is 2. The number of nitrogens with one attached hydrogen (secondary N) is 1. The average molecular weight is 380 g/mol. The summed E-state index contributed by atoms with van der Waals surface area (Å²) >= 11 is 6.32. The molecule has 1 N–H and O–H groups in total. The molecular weight excluding hydrogens is 354 g/mol. The summed E-state index contributed by atoms with van der Waals surface area (Å²) in [6.07, 6.45) is 3.56. The summed E-state index contributed by atoms with van der Waals surface area (Å²) in [6, 6.07) is 3.63. The van der Waals surface area contributed by atoms with E-state index in [-0.39, 0.29) is 5.91 Å². The number of halogens is 1. The van der Waals surface area contributed by atoms with Gasteiger partial charge in [0, 0.05) is 25.4 Å². The van der Waals surface area contributed by atoms with Crippen molar-refractivity contribution in [1.82, 2.24) is 15.1 Å². The van der Waals surface area contributed by atoms with Gasteiger partial charge in [-0.1, -0.05) is 11.6 Å². The molecule has 7 heteroatoms. The average Bonchev–Trinajstić information content (AvgIpc) is 3.03. The van der Waals surface area contributed by atoms with Gasteiger partial charge >= 0.3 is 0 Å². The first-order valence-electron chi connectivity index (χ1n) is 8.65. The number of benzene rings is 1. The van der Waals surface area contributed by atoms with Gasteiger partial charge in [-0.2, -0.15) is 5.10 Å². The highest BCUT2D eigenvalue weighted by Gasteiger charge is 2.30. The fraction of sp³-hybridized carbons (Fsp3) is 0.474. The topological polar surface area (TPSA) is 65.4 Å². The lowest BCUT2D eigenvalue weighted by Crippen LogP contribution is -2.39. The Bertz CT molecular complexity index is 771. The molecule has 0 atom stereocenters. The van der Waals surface area contributed by atoms with Crippen molar-refractivity contribution in [3.8, 4) is 11.5 Å². The molecule has 0 fully saturated rings. The fourth-order valence-electron chi connectivity index (χ4n) is 2.55. The van der Waals surface area contributed by atoms with Crippen LogP contribution in [0.25, 0.3) is 0 Å². The van der Waals surface area contributed by atoms with E-state index in [1.165, 1.54) is 0 Å². The van der Waals surface area contributed by atoms with Gasteiger partial charge in [0.05, 0.1) is 29.8 Å². The molecule has 0 aliphatic rings. The Hall–Kier alpha value is -2.21. The maximum Gasteiger partial charge on any atom is 0.230 e. The van der Waals surface area contributed by atoms with Crippen LogP contribution in [-0.2, 0) is 23.8 Å². The lowest BCUT2D eigenvalue weighted by molar-refractivity contribution is -0.125. The maximum atomic E-state index is 12.7. The molecule has 1 aromatic carbocycles. The van der Waals surface area contributed by atoms with Gasteiger partial charge < -0.3 is 14.8 Å². The fourth-order valence-corrected chi connectivity index (χ4v) is 2.84. The van der Waals surface area contributed by atoms with E-state index < -0.39 is 5.41 Å². The molecule has 1 heterocycles. The summed E-state index contributed by atoms with van der Waals surface area (Å²) < 4.78 is 12.9. The van der Waals surface area contributed by atoms with E-state index in [4.69, 9.17) is 21.1 Å². The Labute approximate surface area is 159 Å². The number of ether oxygens (including phenoxy) is 2. The maximum absolute atomic E-state index is 12.7. The van der Waals surface area contributed by atoms with Crippen LogP contribution in [0.15, 0.2) is 24.5 Å². The molecule has 2 aromatic rings. The Morgan fingerprint density at radius 3 is 2.54 bits per heavy atom. The predicted molar refractivity (Wildman–Crippen MR) is 102 cm³/mol. The van der Waals surface area contributed by atoms with Crippen molar-refractivity contribution in [2.45, 2.75) is 39.7 Å². The number of hydrogen-bond donors (Lipinski definition) is 1. The highest BCUT2D eigenvalue weighted by Crippen LogP contribution is 2.36. The van der Waals surface area contributed by atoms with Crippen LogP contribution in [0.3, 0.4) is 0 Å². The van der Waals surface area contributed by atoms with E-state index in [0.29, 0.717) is 36.3 Å². The summed E-state index contributed by atoms with van der Waals surface area (Å²) in [5, 5.41) is 7.57. The van der Waals surface area contributed by atoms with Crippen molar-refractivity contribution in [3.63, 3.8) is 0 Å². The van der Waals surface area contributed by atoms with Crippen molar-refractivity contribution < 1.29 is 14.3 Å². The first kappa shape index (κ1) is 20.1. The molecule has 0 bridgehead atoms. The SMILES string of the molecule is CCOc1cc(CNC(=O)C(C)(C)c2cnn(C)c2)cc(Cl)c1OCC. The van der Waals surface area contributed by atoms with Crippen molar-refractivity contribution in [3.05, 3.63) is 40.7 Å². The van der Waals surface area contributed by atoms with Crippen LogP contribution < -0.4 is 14.8 Å². The monoisotopic (exact) mass is 379 g/mol. The number of carbonyl (C=O) groups excluding carboxylic acids is 1.